The van der Waals surface area contributed by atoms with E-state index in [0.717, 1.165) is 6.07 Å². The molecule has 0 aliphatic heterocycles. The van der Waals surface area contributed by atoms with E-state index in [9.17, 15) is 24.8 Å². The number of anilines is 1. The Morgan fingerprint density at radius 1 is 1.32 bits per heavy atom. The number of rotatable bonds is 5. The van der Waals surface area contributed by atoms with Gasteiger partial charge in [0.05, 0.1) is 4.92 Å². The monoisotopic (exact) mass is 364 g/mol. The Labute approximate surface area is 147 Å². The van der Waals surface area contributed by atoms with Crippen LogP contribution in [0, 0.1) is 17.0 Å². The van der Waals surface area contributed by atoms with E-state index in [-0.39, 0.29) is 27.7 Å². The van der Waals surface area contributed by atoms with Gasteiger partial charge in [-0.05, 0) is 30.7 Å². The number of halogens is 1. The number of nitro groups is 1. The number of nitro benzene ring substituents is 1. The largest absolute Gasteiger partial charge is 0.507 e. The van der Waals surface area contributed by atoms with Gasteiger partial charge in [-0.2, -0.15) is 0 Å². The lowest BCUT2D eigenvalue weighted by Gasteiger charge is -2.10. The molecule has 0 bridgehead atoms. The number of nitrogens with one attached hydrogen (secondary N) is 1. The minimum Gasteiger partial charge on any atom is -0.507 e. The van der Waals surface area contributed by atoms with Crippen LogP contribution < -0.4 is 5.32 Å². The van der Waals surface area contributed by atoms with Gasteiger partial charge >= 0.3 is 5.97 Å². The fourth-order valence-electron chi connectivity index (χ4n) is 2.03. The number of aryl methyl sites for hydroxylation is 1. The zero-order valence-corrected chi connectivity index (χ0v) is 13.7. The van der Waals surface area contributed by atoms with Crippen LogP contribution in [0.15, 0.2) is 36.4 Å². The van der Waals surface area contributed by atoms with Crippen LogP contribution in [0.2, 0.25) is 5.02 Å². The number of ether oxygens (including phenoxy) is 1. The second-order valence-corrected chi connectivity index (χ2v) is 5.45. The molecule has 2 aromatic carbocycles. The van der Waals surface area contributed by atoms with Gasteiger partial charge in [0.15, 0.2) is 6.61 Å². The van der Waals surface area contributed by atoms with Crippen molar-refractivity contribution in [3.8, 4) is 5.75 Å². The predicted octanol–water partition coefficient (Wildman–Crippen LogP) is 3.06. The maximum absolute atomic E-state index is 11.9. The summed E-state index contributed by atoms with van der Waals surface area (Å²) in [6, 6.07) is 8.14. The molecule has 25 heavy (non-hydrogen) atoms. The van der Waals surface area contributed by atoms with Gasteiger partial charge in [-0.15, -0.1) is 0 Å². The average molecular weight is 365 g/mol. The van der Waals surface area contributed by atoms with Crippen LogP contribution >= 0.6 is 11.6 Å². The van der Waals surface area contributed by atoms with E-state index in [1.807, 2.05) is 0 Å². The third-order valence-corrected chi connectivity index (χ3v) is 3.46. The smallest absolute Gasteiger partial charge is 0.342 e. The Morgan fingerprint density at radius 3 is 2.68 bits per heavy atom. The molecule has 0 radical (unpaired) electrons. The van der Waals surface area contributed by atoms with Gasteiger partial charge in [-0.3, -0.25) is 14.9 Å². The van der Waals surface area contributed by atoms with Gasteiger partial charge < -0.3 is 15.2 Å². The number of benzene rings is 2. The molecule has 0 aromatic heterocycles. The van der Waals surface area contributed by atoms with Crippen molar-refractivity contribution in [2.75, 3.05) is 11.9 Å². The summed E-state index contributed by atoms with van der Waals surface area (Å²) < 4.78 is 4.80. The molecule has 0 saturated heterocycles. The van der Waals surface area contributed by atoms with Crippen LogP contribution in [-0.2, 0) is 9.53 Å². The minimum absolute atomic E-state index is 0.0305. The van der Waals surface area contributed by atoms with Gasteiger partial charge in [-0.1, -0.05) is 23.7 Å². The molecule has 2 aromatic rings. The Bertz CT molecular complexity index is 853. The summed E-state index contributed by atoms with van der Waals surface area (Å²) in [5.41, 5.74) is 0.0983. The molecule has 0 aliphatic rings. The number of para-hydroxylation sites is 1. The molecule has 9 heteroatoms. The lowest BCUT2D eigenvalue weighted by Crippen LogP contribution is -2.22. The Hall–Kier alpha value is -3.13. The van der Waals surface area contributed by atoms with Crippen molar-refractivity contribution in [3.63, 3.8) is 0 Å². The standard InChI is InChI=1S/C16H13ClN2O6/c1-9-3-2-4-12(19(23)24)15(9)18-14(21)8-25-16(22)11-6-5-10(17)7-13(11)20/h2-7,20H,8H2,1H3,(H,18,21). The van der Waals surface area contributed by atoms with Crippen molar-refractivity contribution in [2.45, 2.75) is 6.92 Å². The summed E-state index contributed by atoms with van der Waals surface area (Å²) in [5.74, 6) is -2.06. The molecule has 0 atom stereocenters. The van der Waals surface area contributed by atoms with Crippen LogP contribution in [0.1, 0.15) is 15.9 Å². The molecular weight excluding hydrogens is 352 g/mol. The second kappa shape index (κ2) is 7.63. The molecule has 0 aliphatic carbocycles. The van der Waals surface area contributed by atoms with Crippen LogP contribution in [0.5, 0.6) is 5.75 Å². The molecule has 130 valence electrons. The molecule has 2 N–H and O–H groups in total. The van der Waals surface area contributed by atoms with E-state index in [1.54, 1.807) is 13.0 Å². The molecule has 8 nitrogen and oxygen atoms in total. The number of phenolic OH excluding ortho intramolecular Hbond substituents is 1. The number of carbonyl (C=O) groups is 2. The van der Waals surface area contributed by atoms with Crippen LogP contribution in [-0.4, -0.2) is 28.5 Å². The number of esters is 1. The van der Waals surface area contributed by atoms with Crippen molar-refractivity contribution < 1.29 is 24.4 Å². The first-order chi connectivity index (χ1) is 11.8. The molecule has 1 amide bonds. The average Bonchev–Trinajstić information content (AvgIpc) is 2.54. The quantitative estimate of drug-likeness (QED) is 0.478. The zero-order chi connectivity index (χ0) is 18.6. The first-order valence-corrected chi connectivity index (χ1v) is 7.37. The van der Waals surface area contributed by atoms with E-state index in [2.05, 4.69) is 5.32 Å². The molecule has 2 rings (SSSR count). The number of carbonyl (C=O) groups excluding carboxylic acids is 2. The van der Waals surface area contributed by atoms with E-state index in [1.165, 1.54) is 24.3 Å². The van der Waals surface area contributed by atoms with E-state index >= 15 is 0 Å². The number of nitrogens with zero attached hydrogens (tertiary/aromatic N) is 1. The number of aromatic hydroxyl groups is 1. The predicted molar refractivity (Wildman–Crippen MR) is 89.9 cm³/mol. The highest BCUT2D eigenvalue weighted by atomic mass is 35.5. The Balaban J connectivity index is 2.04. The summed E-state index contributed by atoms with van der Waals surface area (Å²) in [7, 11) is 0. The molecule has 0 fully saturated rings. The highest BCUT2D eigenvalue weighted by molar-refractivity contribution is 6.30. The number of amides is 1. The van der Waals surface area contributed by atoms with Gasteiger partial charge in [0.2, 0.25) is 0 Å². The molecule has 0 heterocycles. The van der Waals surface area contributed by atoms with Crippen LogP contribution in [0.4, 0.5) is 11.4 Å². The fraction of sp³-hybridized carbons (Fsp3) is 0.125. The maximum atomic E-state index is 11.9. The lowest BCUT2D eigenvalue weighted by atomic mass is 10.1. The van der Waals surface area contributed by atoms with E-state index < -0.39 is 23.4 Å². The first kappa shape index (κ1) is 18.2. The molecule has 0 saturated carbocycles. The van der Waals surface area contributed by atoms with E-state index in [4.69, 9.17) is 16.3 Å². The van der Waals surface area contributed by atoms with Crippen molar-refractivity contribution in [3.05, 3.63) is 62.7 Å². The highest BCUT2D eigenvalue weighted by Gasteiger charge is 2.19. The molecular formula is C16H13ClN2O6. The minimum atomic E-state index is -0.927. The lowest BCUT2D eigenvalue weighted by molar-refractivity contribution is -0.384. The van der Waals surface area contributed by atoms with Crippen LogP contribution in [0.25, 0.3) is 0 Å². The molecule has 0 unspecified atom stereocenters. The van der Waals surface area contributed by atoms with Crippen LogP contribution in [0.3, 0.4) is 0 Å². The summed E-state index contributed by atoms with van der Waals surface area (Å²) in [4.78, 5) is 34.2. The second-order valence-electron chi connectivity index (χ2n) is 5.01. The maximum Gasteiger partial charge on any atom is 0.342 e. The topological polar surface area (TPSA) is 119 Å². The van der Waals surface area contributed by atoms with Gasteiger partial charge in [0, 0.05) is 11.1 Å². The van der Waals surface area contributed by atoms with Gasteiger partial charge in [0.1, 0.15) is 17.0 Å². The normalized spacial score (nSPS) is 10.2. The van der Waals surface area contributed by atoms with Crippen molar-refractivity contribution in [1.82, 2.24) is 0 Å². The number of phenols is 1. The summed E-state index contributed by atoms with van der Waals surface area (Å²) in [6.45, 7) is 0.923. The SMILES string of the molecule is Cc1cccc([N+](=O)[O-])c1NC(=O)COC(=O)c1ccc(Cl)cc1O. The number of hydrogen-bond acceptors (Lipinski definition) is 6. The van der Waals surface area contributed by atoms with Crippen molar-refractivity contribution in [2.24, 2.45) is 0 Å². The summed E-state index contributed by atoms with van der Waals surface area (Å²) >= 11 is 5.66. The van der Waals surface area contributed by atoms with Gasteiger partial charge in [0.25, 0.3) is 11.6 Å². The van der Waals surface area contributed by atoms with Gasteiger partial charge in [-0.25, -0.2) is 4.79 Å². The third kappa shape index (κ3) is 4.45. The summed E-state index contributed by atoms with van der Waals surface area (Å²) in [6.07, 6.45) is 0. The third-order valence-electron chi connectivity index (χ3n) is 3.23. The first-order valence-electron chi connectivity index (χ1n) is 6.99. The number of hydrogen-bond donors (Lipinski definition) is 2. The Morgan fingerprint density at radius 2 is 2.04 bits per heavy atom. The zero-order valence-electron chi connectivity index (χ0n) is 13.0. The fourth-order valence-corrected chi connectivity index (χ4v) is 2.20. The van der Waals surface area contributed by atoms with Crippen molar-refractivity contribution >= 4 is 34.9 Å². The highest BCUT2D eigenvalue weighted by Crippen LogP contribution is 2.27. The Kier molecular flexibility index (Phi) is 5.56. The van der Waals surface area contributed by atoms with E-state index in [0.29, 0.717) is 5.56 Å². The summed E-state index contributed by atoms with van der Waals surface area (Å²) in [5, 5.41) is 23.2. The molecule has 0 spiro atoms. The van der Waals surface area contributed by atoms with Crippen molar-refractivity contribution in [1.29, 1.82) is 0 Å².